The van der Waals surface area contributed by atoms with Crippen molar-refractivity contribution in [2.75, 3.05) is 13.1 Å². The van der Waals surface area contributed by atoms with E-state index in [1.54, 1.807) is 20.8 Å². The van der Waals surface area contributed by atoms with E-state index in [0.29, 0.717) is 6.54 Å². The van der Waals surface area contributed by atoms with Gasteiger partial charge in [0.15, 0.2) is 0 Å². The molecule has 0 bridgehead atoms. The maximum absolute atomic E-state index is 11.4. The van der Waals surface area contributed by atoms with Crippen molar-refractivity contribution in [3.05, 3.63) is 0 Å². The molecule has 1 atom stereocenters. The molecule has 0 aromatic rings. The van der Waals surface area contributed by atoms with Crippen LogP contribution in [-0.2, 0) is 9.59 Å². The van der Waals surface area contributed by atoms with E-state index in [-0.39, 0.29) is 36.8 Å². The Hall–Kier alpha value is -0.810. The van der Waals surface area contributed by atoms with Crippen LogP contribution in [0.1, 0.15) is 27.7 Å². The molecule has 0 rings (SSSR count). The van der Waals surface area contributed by atoms with Gasteiger partial charge in [-0.15, -0.1) is 12.4 Å². The normalized spacial score (nSPS) is 12.3. The van der Waals surface area contributed by atoms with Crippen LogP contribution in [0.3, 0.4) is 0 Å². The molecule has 96 valence electrons. The average molecular weight is 252 g/mol. The molecular formula is C10H22ClN3O2. The van der Waals surface area contributed by atoms with E-state index >= 15 is 0 Å². The summed E-state index contributed by atoms with van der Waals surface area (Å²) in [4.78, 5) is 22.7. The third-order valence-electron chi connectivity index (χ3n) is 1.85. The highest BCUT2D eigenvalue weighted by Crippen LogP contribution is 2.11. The number of carbonyl (C=O) groups is 2. The smallest absolute Gasteiger partial charge is 0.239 e. The molecule has 0 aliphatic rings. The Bertz CT molecular complexity index is 239. The van der Waals surface area contributed by atoms with Gasteiger partial charge >= 0.3 is 0 Å². The molecule has 0 unspecified atom stereocenters. The molecule has 6 heteroatoms. The number of halogens is 1. The Morgan fingerprint density at radius 2 is 1.81 bits per heavy atom. The maximum Gasteiger partial charge on any atom is 0.239 e. The summed E-state index contributed by atoms with van der Waals surface area (Å²) >= 11 is 0. The van der Waals surface area contributed by atoms with Crippen LogP contribution >= 0.6 is 12.4 Å². The predicted molar refractivity (Wildman–Crippen MR) is 66.4 cm³/mol. The van der Waals surface area contributed by atoms with Gasteiger partial charge in [0.2, 0.25) is 11.8 Å². The van der Waals surface area contributed by atoms with Gasteiger partial charge in [0, 0.05) is 18.0 Å². The first-order valence-electron chi connectivity index (χ1n) is 5.05. The van der Waals surface area contributed by atoms with Crippen LogP contribution in [0.2, 0.25) is 0 Å². The first-order valence-corrected chi connectivity index (χ1v) is 5.05. The minimum atomic E-state index is -0.472. The molecule has 0 aromatic heterocycles. The van der Waals surface area contributed by atoms with Crippen molar-refractivity contribution in [1.82, 2.24) is 10.6 Å². The second kappa shape index (κ2) is 7.46. The lowest BCUT2D eigenvalue weighted by Gasteiger charge is -2.18. The summed E-state index contributed by atoms with van der Waals surface area (Å²) in [5.74, 6) is -0.358. The SMILES string of the molecule is C[C@@H](CN)NC(=O)CNC(=O)C(C)(C)C.Cl. The van der Waals surface area contributed by atoms with E-state index in [4.69, 9.17) is 5.73 Å². The van der Waals surface area contributed by atoms with Gasteiger partial charge in [-0.05, 0) is 6.92 Å². The summed E-state index contributed by atoms with van der Waals surface area (Å²) in [5, 5.41) is 5.22. The zero-order valence-corrected chi connectivity index (χ0v) is 11.1. The van der Waals surface area contributed by atoms with Crippen LogP contribution in [-0.4, -0.2) is 30.9 Å². The maximum atomic E-state index is 11.4. The molecule has 0 saturated heterocycles. The van der Waals surface area contributed by atoms with Gasteiger partial charge in [-0.25, -0.2) is 0 Å². The summed E-state index contributed by atoms with van der Waals surface area (Å²) in [5.41, 5.74) is 4.87. The molecule has 0 heterocycles. The molecule has 5 nitrogen and oxygen atoms in total. The van der Waals surface area contributed by atoms with Gasteiger partial charge in [0.25, 0.3) is 0 Å². The molecule has 0 radical (unpaired) electrons. The van der Waals surface area contributed by atoms with E-state index < -0.39 is 5.41 Å². The number of hydrogen-bond acceptors (Lipinski definition) is 3. The minimum Gasteiger partial charge on any atom is -0.351 e. The lowest BCUT2D eigenvalue weighted by molar-refractivity contribution is -0.131. The van der Waals surface area contributed by atoms with Crippen molar-refractivity contribution in [1.29, 1.82) is 0 Å². The van der Waals surface area contributed by atoms with Crippen molar-refractivity contribution in [2.24, 2.45) is 11.1 Å². The largest absolute Gasteiger partial charge is 0.351 e. The Morgan fingerprint density at radius 1 is 1.31 bits per heavy atom. The van der Waals surface area contributed by atoms with Crippen molar-refractivity contribution in [2.45, 2.75) is 33.7 Å². The summed E-state index contributed by atoms with van der Waals surface area (Å²) in [6, 6.07) is -0.0657. The fourth-order valence-electron chi connectivity index (χ4n) is 0.811. The van der Waals surface area contributed by atoms with E-state index in [1.165, 1.54) is 0 Å². The summed E-state index contributed by atoms with van der Waals surface area (Å²) < 4.78 is 0. The molecule has 0 spiro atoms. The fraction of sp³-hybridized carbons (Fsp3) is 0.800. The Kier molecular flexibility index (Phi) is 8.20. The van der Waals surface area contributed by atoms with Gasteiger partial charge < -0.3 is 16.4 Å². The van der Waals surface area contributed by atoms with Crippen LogP contribution in [0.4, 0.5) is 0 Å². The van der Waals surface area contributed by atoms with Gasteiger partial charge in [-0.3, -0.25) is 9.59 Å². The topological polar surface area (TPSA) is 84.2 Å². The number of nitrogens with one attached hydrogen (secondary N) is 2. The molecule has 0 fully saturated rings. The standard InChI is InChI=1S/C10H21N3O2.ClH/c1-7(5-11)13-8(14)6-12-9(15)10(2,3)4;/h7H,5-6,11H2,1-4H3,(H,12,15)(H,13,14);1H/t7-;/m0./s1. The first kappa shape index (κ1) is 17.6. The lowest BCUT2D eigenvalue weighted by atomic mass is 9.96. The molecule has 4 N–H and O–H groups in total. The highest BCUT2D eigenvalue weighted by atomic mass is 35.5. The summed E-state index contributed by atoms with van der Waals surface area (Å²) in [7, 11) is 0. The molecule has 0 aromatic carbocycles. The zero-order valence-electron chi connectivity index (χ0n) is 10.3. The second-order valence-corrected chi connectivity index (χ2v) is 4.64. The Balaban J connectivity index is 0. The predicted octanol–water partition coefficient (Wildman–Crippen LogP) is 0.0339. The molecule has 0 saturated carbocycles. The number of rotatable bonds is 4. The van der Waals surface area contributed by atoms with Gasteiger partial charge in [-0.1, -0.05) is 20.8 Å². The summed E-state index contributed by atoms with van der Waals surface area (Å²) in [6.45, 7) is 7.58. The lowest BCUT2D eigenvalue weighted by Crippen LogP contribution is -2.45. The van der Waals surface area contributed by atoms with Crippen molar-refractivity contribution in [3.63, 3.8) is 0 Å². The van der Waals surface area contributed by atoms with Crippen molar-refractivity contribution in [3.8, 4) is 0 Å². The Labute approximate surface area is 103 Å². The second-order valence-electron chi connectivity index (χ2n) is 4.64. The molecule has 0 aliphatic heterocycles. The highest BCUT2D eigenvalue weighted by molar-refractivity contribution is 5.87. The van der Waals surface area contributed by atoms with E-state index in [9.17, 15) is 9.59 Å². The van der Waals surface area contributed by atoms with Gasteiger partial charge in [0.1, 0.15) is 0 Å². The van der Waals surface area contributed by atoms with E-state index in [2.05, 4.69) is 10.6 Å². The highest BCUT2D eigenvalue weighted by Gasteiger charge is 2.21. The van der Waals surface area contributed by atoms with Crippen LogP contribution < -0.4 is 16.4 Å². The number of amides is 2. The number of hydrogen-bond donors (Lipinski definition) is 3. The molecule has 16 heavy (non-hydrogen) atoms. The third-order valence-corrected chi connectivity index (χ3v) is 1.85. The van der Waals surface area contributed by atoms with Crippen molar-refractivity contribution >= 4 is 24.2 Å². The number of nitrogens with two attached hydrogens (primary N) is 1. The third kappa shape index (κ3) is 7.48. The quantitative estimate of drug-likeness (QED) is 0.659. The van der Waals surface area contributed by atoms with Gasteiger partial charge in [0.05, 0.1) is 6.54 Å². The Morgan fingerprint density at radius 3 is 2.19 bits per heavy atom. The molecule has 2 amide bonds. The van der Waals surface area contributed by atoms with E-state index in [0.717, 1.165) is 0 Å². The van der Waals surface area contributed by atoms with Crippen molar-refractivity contribution < 1.29 is 9.59 Å². The van der Waals surface area contributed by atoms with Crippen LogP contribution in [0.5, 0.6) is 0 Å². The molecule has 0 aliphatic carbocycles. The van der Waals surface area contributed by atoms with Crippen LogP contribution in [0.15, 0.2) is 0 Å². The van der Waals surface area contributed by atoms with Crippen LogP contribution in [0, 0.1) is 5.41 Å². The number of carbonyl (C=O) groups excluding carboxylic acids is 2. The monoisotopic (exact) mass is 251 g/mol. The van der Waals surface area contributed by atoms with Crippen LogP contribution in [0.25, 0.3) is 0 Å². The zero-order chi connectivity index (χ0) is 12.1. The summed E-state index contributed by atoms with van der Waals surface area (Å²) in [6.07, 6.45) is 0. The van der Waals surface area contributed by atoms with E-state index in [1.807, 2.05) is 6.92 Å². The fourth-order valence-corrected chi connectivity index (χ4v) is 0.811. The average Bonchev–Trinajstić information content (AvgIpc) is 2.12. The van der Waals surface area contributed by atoms with Gasteiger partial charge in [-0.2, -0.15) is 0 Å². The first-order chi connectivity index (χ1) is 6.77. The minimum absolute atomic E-state index is 0. The molecular weight excluding hydrogens is 230 g/mol.